The second-order valence-corrected chi connectivity index (χ2v) is 6.84. The van der Waals surface area contributed by atoms with Crippen molar-refractivity contribution >= 4 is 11.9 Å². The van der Waals surface area contributed by atoms with Crippen LogP contribution in [-0.2, 0) is 9.53 Å². The standard InChI is InChI=1S/C20H27N5O3/c1-4-5-6-7-8-13-28-19(26)17-14(2)21-20-22-23-24-25(20)18(17)15-9-11-16(27-3)12-10-15/h9-12,18H,4-8,13H2,1-3H3,(H,21,22,24). The highest BCUT2D eigenvalue weighted by Gasteiger charge is 2.34. The van der Waals surface area contributed by atoms with Crippen molar-refractivity contribution in [2.75, 3.05) is 19.0 Å². The fourth-order valence-electron chi connectivity index (χ4n) is 3.32. The Balaban J connectivity index is 1.79. The lowest BCUT2D eigenvalue weighted by Gasteiger charge is -2.27. The van der Waals surface area contributed by atoms with Crippen molar-refractivity contribution in [1.82, 2.24) is 20.2 Å². The zero-order valence-electron chi connectivity index (χ0n) is 16.6. The predicted octanol–water partition coefficient (Wildman–Crippen LogP) is 3.48. The van der Waals surface area contributed by atoms with E-state index < -0.39 is 6.04 Å². The Morgan fingerprint density at radius 2 is 1.93 bits per heavy atom. The van der Waals surface area contributed by atoms with Crippen LogP contribution in [0.2, 0.25) is 0 Å². The van der Waals surface area contributed by atoms with E-state index in [2.05, 4.69) is 27.8 Å². The molecule has 2 heterocycles. The predicted molar refractivity (Wildman–Crippen MR) is 105 cm³/mol. The number of hydrogen-bond donors (Lipinski definition) is 1. The number of carbonyl (C=O) groups excluding carboxylic acids is 1. The third-order valence-corrected chi connectivity index (χ3v) is 4.85. The van der Waals surface area contributed by atoms with Gasteiger partial charge in [0.15, 0.2) is 0 Å². The molecule has 2 aromatic rings. The quantitative estimate of drug-likeness (QED) is 0.522. The highest BCUT2D eigenvalue weighted by atomic mass is 16.5. The van der Waals surface area contributed by atoms with Crippen molar-refractivity contribution in [3.05, 3.63) is 41.1 Å². The number of tetrazole rings is 1. The average Bonchev–Trinajstić information content (AvgIpc) is 3.17. The molecule has 1 atom stereocenters. The molecule has 8 nitrogen and oxygen atoms in total. The molecule has 0 aliphatic carbocycles. The van der Waals surface area contributed by atoms with E-state index in [1.54, 1.807) is 11.8 Å². The van der Waals surface area contributed by atoms with E-state index in [0.717, 1.165) is 24.2 Å². The summed E-state index contributed by atoms with van der Waals surface area (Å²) in [5.41, 5.74) is 2.09. The molecule has 0 radical (unpaired) electrons. The second-order valence-electron chi connectivity index (χ2n) is 6.84. The number of fused-ring (bicyclic) bond motifs is 1. The van der Waals surface area contributed by atoms with E-state index in [9.17, 15) is 4.79 Å². The lowest BCUT2D eigenvalue weighted by atomic mass is 9.96. The summed E-state index contributed by atoms with van der Waals surface area (Å²) < 4.78 is 12.4. The molecule has 0 bridgehead atoms. The smallest absolute Gasteiger partial charge is 0.338 e. The molecule has 0 fully saturated rings. The topological polar surface area (TPSA) is 91.2 Å². The first kappa shape index (κ1) is 19.9. The SMILES string of the molecule is CCCCCCCOC(=O)C1=C(C)Nc2nnnn2C1c1ccc(OC)cc1. The van der Waals surface area contributed by atoms with Crippen molar-refractivity contribution in [2.24, 2.45) is 0 Å². The molecule has 0 saturated heterocycles. The molecule has 0 amide bonds. The number of hydrogen-bond acceptors (Lipinski definition) is 7. The van der Waals surface area contributed by atoms with Gasteiger partial charge in [-0.2, -0.15) is 4.68 Å². The molecule has 1 aromatic carbocycles. The summed E-state index contributed by atoms with van der Waals surface area (Å²) in [6.07, 6.45) is 5.50. The van der Waals surface area contributed by atoms with Gasteiger partial charge in [-0.3, -0.25) is 0 Å². The lowest BCUT2D eigenvalue weighted by Crippen LogP contribution is -2.29. The Morgan fingerprint density at radius 3 is 2.64 bits per heavy atom. The summed E-state index contributed by atoms with van der Waals surface area (Å²) in [6, 6.07) is 7.07. The molecule has 0 spiro atoms. The summed E-state index contributed by atoms with van der Waals surface area (Å²) in [4.78, 5) is 12.9. The van der Waals surface area contributed by atoms with E-state index in [4.69, 9.17) is 9.47 Å². The second kappa shape index (κ2) is 9.34. The highest BCUT2D eigenvalue weighted by molar-refractivity contribution is 5.92. The van der Waals surface area contributed by atoms with Crippen LogP contribution in [0.15, 0.2) is 35.5 Å². The summed E-state index contributed by atoms with van der Waals surface area (Å²) in [5, 5.41) is 14.9. The van der Waals surface area contributed by atoms with Crippen LogP contribution in [0.5, 0.6) is 5.75 Å². The molecule has 1 N–H and O–H groups in total. The molecule has 0 saturated carbocycles. The van der Waals surface area contributed by atoms with Crippen LogP contribution >= 0.6 is 0 Å². The van der Waals surface area contributed by atoms with Crippen LogP contribution in [0.1, 0.15) is 57.6 Å². The number of methoxy groups -OCH3 is 1. The van der Waals surface area contributed by atoms with Gasteiger partial charge in [-0.25, -0.2) is 4.79 Å². The van der Waals surface area contributed by atoms with Crippen LogP contribution in [0.25, 0.3) is 0 Å². The molecule has 1 unspecified atom stereocenters. The van der Waals surface area contributed by atoms with Gasteiger partial charge in [0.1, 0.15) is 11.8 Å². The Hall–Kier alpha value is -2.90. The summed E-state index contributed by atoms with van der Waals surface area (Å²) in [5.74, 6) is 0.892. The van der Waals surface area contributed by atoms with Gasteiger partial charge >= 0.3 is 5.97 Å². The molecular weight excluding hydrogens is 358 g/mol. The van der Waals surface area contributed by atoms with Crippen molar-refractivity contribution in [1.29, 1.82) is 0 Å². The van der Waals surface area contributed by atoms with Crippen molar-refractivity contribution in [2.45, 2.75) is 52.0 Å². The number of nitrogens with one attached hydrogen (secondary N) is 1. The summed E-state index contributed by atoms with van der Waals surface area (Å²) in [6.45, 7) is 4.43. The molecule has 3 rings (SSSR count). The van der Waals surface area contributed by atoms with E-state index in [1.165, 1.54) is 19.3 Å². The fourth-order valence-corrected chi connectivity index (χ4v) is 3.32. The minimum atomic E-state index is -0.454. The van der Waals surface area contributed by atoms with E-state index in [-0.39, 0.29) is 5.97 Å². The van der Waals surface area contributed by atoms with Crippen LogP contribution in [0, 0.1) is 0 Å². The summed E-state index contributed by atoms with van der Waals surface area (Å²) >= 11 is 0. The number of rotatable bonds is 9. The Morgan fingerprint density at radius 1 is 1.18 bits per heavy atom. The first-order chi connectivity index (χ1) is 13.7. The number of anilines is 1. The van der Waals surface area contributed by atoms with Gasteiger partial charge < -0.3 is 14.8 Å². The zero-order chi connectivity index (χ0) is 19.9. The van der Waals surface area contributed by atoms with Gasteiger partial charge in [-0.1, -0.05) is 49.8 Å². The molecule has 28 heavy (non-hydrogen) atoms. The van der Waals surface area contributed by atoms with Crippen molar-refractivity contribution < 1.29 is 14.3 Å². The average molecular weight is 385 g/mol. The van der Waals surface area contributed by atoms with Gasteiger partial charge in [-0.05, 0) is 41.5 Å². The monoisotopic (exact) mass is 385 g/mol. The number of ether oxygens (including phenoxy) is 2. The first-order valence-electron chi connectivity index (χ1n) is 9.72. The minimum Gasteiger partial charge on any atom is -0.497 e. The van der Waals surface area contributed by atoms with Gasteiger partial charge in [0.05, 0.1) is 19.3 Å². The third kappa shape index (κ3) is 4.32. The lowest BCUT2D eigenvalue weighted by molar-refractivity contribution is -0.139. The van der Waals surface area contributed by atoms with Crippen LogP contribution < -0.4 is 10.1 Å². The zero-order valence-corrected chi connectivity index (χ0v) is 16.6. The number of nitrogens with zero attached hydrogens (tertiary/aromatic N) is 4. The Kier molecular flexibility index (Phi) is 6.62. The van der Waals surface area contributed by atoms with Crippen molar-refractivity contribution in [3.63, 3.8) is 0 Å². The molecular formula is C20H27N5O3. The molecule has 1 aliphatic heterocycles. The maximum Gasteiger partial charge on any atom is 0.338 e. The van der Waals surface area contributed by atoms with E-state index >= 15 is 0 Å². The third-order valence-electron chi connectivity index (χ3n) is 4.85. The number of benzene rings is 1. The molecule has 8 heteroatoms. The van der Waals surface area contributed by atoms with Crippen LogP contribution in [-0.4, -0.2) is 39.9 Å². The minimum absolute atomic E-state index is 0.345. The van der Waals surface area contributed by atoms with Gasteiger partial charge in [0.25, 0.3) is 0 Å². The maximum atomic E-state index is 12.9. The number of unbranched alkanes of at least 4 members (excludes halogenated alkanes) is 4. The van der Waals surface area contributed by atoms with Crippen LogP contribution in [0.3, 0.4) is 0 Å². The normalized spacial score (nSPS) is 15.8. The fraction of sp³-hybridized carbons (Fsp3) is 0.500. The Labute approximate surface area is 164 Å². The van der Waals surface area contributed by atoms with Crippen molar-refractivity contribution in [3.8, 4) is 5.75 Å². The first-order valence-corrected chi connectivity index (χ1v) is 9.72. The van der Waals surface area contributed by atoms with Gasteiger partial charge in [0.2, 0.25) is 5.95 Å². The largest absolute Gasteiger partial charge is 0.497 e. The number of esters is 1. The van der Waals surface area contributed by atoms with Gasteiger partial charge in [0, 0.05) is 5.70 Å². The number of aromatic nitrogens is 4. The maximum absolute atomic E-state index is 12.9. The highest BCUT2D eigenvalue weighted by Crippen LogP contribution is 2.35. The summed E-state index contributed by atoms with van der Waals surface area (Å²) in [7, 11) is 1.62. The molecule has 1 aromatic heterocycles. The van der Waals surface area contributed by atoms with Gasteiger partial charge in [-0.15, -0.1) is 0 Å². The van der Waals surface area contributed by atoms with Crippen LogP contribution in [0.4, 0.5) is 5.95 Å². The van der Waals surface area contributed by atoms with E-state index in [0.29, 0.717) is 23.8 Å². The number of carbonyl (C=O) groups is 1. The number of allylic oxidation sites excluding steroid dienone is 1. The molecule has 1 aliphatic rings. The Bertz CT molecular complexity index is 829. The van der Waals surface area contributed by atoms with E-state index in [1.807, 2.05) is 31.2 Å². The molecule has 150 valence electrons.